The molecule has 4 nitrogen and oxygen atoms in total. The number of Topliss-reactive ketones (excluding diaryl/α,β-unsaturated/α-hetero) is 1. The van der Waals surface area contributed by atoms with Crippen molar-refractivity contribution in [1.82, 2.24) is 0 Å². The number of benzene rings is 4. The van der Waals surface area contributed by atoms with Crippen LogP contribution in [0.5, 0.6) is 0 Å². The highest BCUT2D eigenvalue weighted by Crippen LogP contribution is 2.75. The molecule has 180 valence electrons. The van der Waals surface area contributed by atoms with Crippen LogP contribution in [-0.2, 0) is 23.6 Å². The standard InChI is InChI=1S/C31H27O4P/c1-34-36(33,35-2)31(26-21-13-6-14-22-26)29(25-19-11-5-12-20-25)27(23-15-7-3-8-16-23)28(30(31)32)24-17-9-4-10-18-24/h3-22,29H,1-2H3/t29-,31-/m0/s1. The fourth-order valence-corrected chi connectivity index (χ4v) is 7.61. The normalized spacial score (nSPS) is 20.1. The molecule has 0 radical (unpaired) electrons. The largest absolute Gasteiger partial charge is 0.349 e. The monoisotopic (exact) mass is 494 g/mol. The Balaban J connectivity index is 1.98. The Kier molecular flexibility index (Phi) is 6.59. The fraction of sp³-hybridized carbons (Fsp3) is 0.129. The van der Waals surface area contributed by atoms with Gasteiger partial charge in [-0.05, 0) is 27.8 Å². The minimum Gasteiger partial charge on any atom is -0.311 e. The lowest BCUT2D eigenvalue weighted by molar-refractivity contribution is -0.116. The average molecular weight is 495 g/mol. The van der Waals surface area contributed by atoms with E-state index in [4.69, 9.17) is 9.05 Å². The van der Waals surface area contributed by atoms with Crippen LogP contribution in [0.15, 0.2) is 121 Å². The first-order chi connectivity index (χ1) is 17.6. The van der Waals surface area contributed by atoms with Crippen molar-refractivity contribution in [2.45, 2.75) is 11.1 Å². The van der Waals surface area contributed by atoms with Crippen LogP contribution in [0, 0.1) is 0 Å². The van der Waals surface area contributed by atoms with Gasteiger partial charge in [-0.3, -0.25) is 9.36 Å². The first-order valence-corrected chi connectivity index (χ1v) is 13.3. The van der Waals surface area contributed by atoms with E-state index < -0.39 is 18.7 Å². The Bertz CT molecular complexity index is 1430. The van der Waals surface area contributed by atoms with Gasteiger partial charge < -0.3 is 9.05 Å². The van der Waals surface area contributed by atoms with Crippen LogP contribution in [0.3, 0.4) is 0 Å². The van der Waals surface area contributed by atoms with Gasteiger partial charge >= 0.3 is 7.60 Å². The first kappa shape index (κ1) is 24.1. The molecule has 4 aromatic carbocycles. The molecule has 0 saturated heterocycles. The van der Waals surface area contributed by atoms with Gasteiger partial charge in [0.05, 0.1) is 0 Å². The van der Waals surface area contributed by atoms with E-state index in [1.165, 1.54) is 14.2 Å². The number of allylic oxidation sites excluding steroid dienone is 2. The molecule has 0 bridgehead atoms. The number of hydrogen-bond acceptors (Lipinski definition) is 4. The minimum absolute atomic E-state index is 0.278. The molecule has 0 amide bonds. The van der Waals surface area contributed by atoms with Crippen molar-refractivity contribution in [1.29, 1.82) is 0 Å². The van der Waals surface area contributed by atoms with Crippen molar-refractivity contribution in [2.75, 3.05) is 14.2 Å². The molecular weight excluding hydrogens is 467 g/mol. The molecule has 0 fully saturated rings. The molecule has 0 spiro atoms. The number of carbonyl (C=O) groups excluding carboxylic acids is 1. The molecule has 0 aliphatic heterocycles. The minimum atomic E-state index is -4.07. The third kappa shape index (κ3) is 3.61. The van der Waals surface area contributed by atoms with Crippen molar-refractivity contribution in [3.05, 3.63) is 144 Å². The van der Waals surface area contributed by atoms with Crippen LogP contribution in [0.1, 0.15) is 28.2 Å². The molecule has 36 heavy (non-hydrogen) atoms. The lowest BCUT2D eigenvalue weighted by atomic mass is 9.77. The highest BCUT2D eigenvalue weighted by Gasteiger charge is 2.67. The Hall–Kier alpha value is -3.56. The van der Waals surface area contributed by atoms with Gasteiger partial charge in [-0.2, -0.15) is 0 Å². The molecule has 4 aromatic rings. The van der Waals surface area contributed by atoms with E-state index in [-0.39, 0.29) is 5.78 Å². The fourth-order valence-electron chi connectivity index (χ4n) is 5.46. The predicted octanol–water partition coefficient (Wildman–Crippen LogP) is 7.35. The molecule has 0 aromatic heterocycles. The van der Waals surface area contributed by atoms with E-state index in [0.29, 0.717) is 11.1 Å². The van der Waals surface area contributed by atoms with Crippen LogP contribution in [-0.4, -0.2) is 20.0 Å². The summed E-state index contributed by atoms with van der Waals surface area (Å²) in [5.74, 6) is -0.906. The van der Waals surface area contributed by atoms with Gasteiger partial charge in [0.1, 0.15) is 0 Å². The summed E-state index contributed by atoms with van der Waals surface area (Å²) in [6, 6.07) is 38.4. The van der Waals surface area contributed by atoms with Gasteiger partial charge in [-0.15, -0.1) is 0 Å². The van der Waals surface area contributed by atoms with Gasteiger partial charge in [0.2, 0.25) is 0 Å². The average Bonchev–Trinajstić information content (AvgIpc) is 3.24. The Morgan fingerprint density at radius 2 is 1.08 bits per heavy atom. The zero-order valence-corrected chi connectivity index (χ0v) is 21.1. The number of rotatable bonds is 7. The molecule has 0 saturated carbocycles. The molecule has 0 N–H and O–H groups in total. The van der Waals surface area contributed by atoms with Crippen molar-refractivity contribution < 1.29 is 18.4 Å². The van der Waals surface area contributed by atoms with Gasteiger partial charge in [0, 0.05) is 25.7 Å². The van der Waals surface area contributed by atoms with E-state index in [2.05, 4.69) is 0 Å². The molecule has 0 unspecified atom stereocenters. The zero-order valence-electron chi connectivity index (χ0n) is 20.2. The van der Waals surface area contributed by atoms with E-state index in [9.17, 15) is 9.36 Å². The molecule has 2 atom stereocenters. The summed E-state index contributed by atoms with van der Waals surface area (Å²) < 4.78 is 26.1. The molecule has 1 aliphatic carbocycles. The van der Waals surface area contributed by atoms with Crippen LogP contribution in [0.2, 0.25) is 0 Å². The SMILES string of the molecule is COP(=O)(OC)[C@]1(c2ccccc2)C(=O)C(c2ccccc2)=C(c2ccccc2)[C@@H]1c1ccccc1. The van der Waals surface area contributed by atoms with Crippen molar-refractivity contribution >= 4 is 24.5 Å². The summed E-state index contributed by atoms with van der Waals surface area (Å²) in [5.41, 5.74) is 4.42. The Morgan fingerprint density at radius 1 is 0.639 bits per heavy atom. The second kappa shape index (κ2) is 9.83. The van der Waals surface area contributed by atoms with Gasteiger partial charge in [-0.1, -0.05) is 121 Å². The molecule has 5 rings (SSSR count). The second-order valence-electron chi connectivity index (χ2n) is 8.69. The Labute approximate surface area is 211 Å². The highest BCUT2D eigenvalue weighted by atomic mass is 31.2. The third-order valence-corrected chi connectivity index (χ3v) is 9.50. The lowest BCUT2D eigenvalue weighted by Crippen LogP contribution is -2.39. The smallest absolute Gasteiger partial charge is 0.311 e. The van der Waals surface area contributed by atoms with Crippen LogP contribution >= 0.6 is 7.60 Å². The van der Waals surface area contributed by atoms with Crippen LogP contribution < -0.4 is 0 Å². The Morgan fingerprint density at radius 3 is 1.58 bits per heavy atom. The van der Waals surface area contributed by atoms with E-state index in [1.54, 1.807) is 0 Å². The summed E-state index contributed by atoms with van der Waals surface area (Å²) in [6.07, 6.45) is 0. The van der Waals surface area contributed by atoms with Crippen LogP contribution in [0.4, 0.5) is 0 Å². The van der Waals surface area contributed by atoms with Crippen molar-refractivity contribution in [3.8, 4) is 0 Å². The summed E-state index contributed by atoms with van der Waals surface area (Å²) >= 11 is 0. The highest BCUT2D eigenvalue weighted by molar-refractivity contribution is 7.56. The molecular formula is C31H27O4P. The van der Waals surface area contributed by atoms with E-state index >= 15 is 0 Å². The maximum absolute atomic E-state index is 15.0. The number of carbonyl (C=O) groups is 1. The predicted molar refractivity (Wildman–Crippen MR) is 144 cm³/mol. The van der Waals surface area contributed by atoms with Crippen LogP contribution in [0.25, 0.3) is 11.1 Å². The molecule has 0 heterocycles. The topological polar surface area (TPSA) is 52.6 Å². The zero-order chi connectivity index (χ0) is 25.2. The second-order valence-corrected chi connectivity index (χ2v) is 11.1. The summed E-state index contributed by atoms with van der Waals surface area (Å²) in [5, 5.41) is -1.63. The van der Waals surface area contributed by atoms with Gasteiger partial charge in [0.15, 0.2) is 10.9 Å². The quantitative estimate of drug-likeness (QED) is 0.252. The van der Waals surface area contributed by atoms with Gasteiger partial charge in [-0.25, -0.2) is 0 Å². The summed E-state index contributed by atoms with van der Waals surface area (Å²) in [6.45, 7) is 0. The van der Waals surface area contributed by atoms with E-state index in [0.717, 1.165) is 22.3 Å². The summed E-state index contributed by atoms with van der Waals surface area (Å²) in [7, 11) is -1.36. The maximum Gasteiger partial charge on any atom is 0.349 e. The van der Waals surface area contributed by atoms with Gasteiger partial charge in [0.25, 0.3) is 0 Å². The molecule has 5 heteroatoms. The third-order valence-electron chi connectivity index (χ3n) is 6.96. The lowest BCUT2D eigenvalue weighted by Gasteiger charge is -2.40. The summed E-state index contributed by atoms with van der Waals surface area (Å²) in [4.78, 5) is 15.0. The first-order valence-electron chi connectivity index (χ1n) is 11.8. The number of ketones is 1. The van der Waals surface area contributed by atoms with E-state index in [1.807, 2.05) is 121 Å². The maximum atomic E-state index is 15.0. The van der Waals surface area contributed by atoms with Crippen molar-refractivity contribution in [2.24, 2.45) is 0 Å². The number of hydrogen-bond donors (Lipinski definition) is 0. The molecule has 1 aliphatic rings. The van der Waals surface area contributed by atoms with Crippen molar-refractivity contribution in [3.63, 3.8) is 0 Å².